The quantitative estimate of drug-likeness (QED) is 0.873. The van der Waals surface area contributed by atoms with E-state index in [0.717, 1.165) is 22.6 Å². The first-order valence-electron chi connectivity index (χ1n) is 7.21. The molecule has 1 aliphatic heterocycles. The van der Waals surface area contributed by atoms with Crippen LogP contribution in [0.2, 0.25) is 0 Å². The fourth-order valence-corrected chi connectivity index (χ4v) is 2.87. The van der Waals surface area contributed by atoms with Gasteiger partial charge in [-0.2, -0.15) is 11.8 Å². The molecule has 21 heavy (non-hydrogen) atoms. The second-order valence-electron chi connectivity index (χ2n) is 5.50. The number of carbonyl (C=O) groups is 1. The van der Waals surface area contributed by atoms with E-state index in [0.29, 0.717) is 19.5 Å². The number of likely N-dealkylation sites (tertiary alicyclic amines) is 1. The van der Waals surface area contributed by atoms with Crippen molar-refractivity contribution >= 4 is 17.7 Å². The Balaban J connectivity index is 1.83. The minimum Gasteiger partial charge on any atom is -0.486 e. The highest BCUT2D eigenvalue weighted by Gasteiger charge is 2.35. The van der Waals surface area contributed by atoms with Crippen molar-refractivity contribution in [3.63, 3.8) is 0 Å². The molecule has 1 aromatic carbocycles. The van der Waals surface area contributed by atoms with Gasteiger partial charge in [-0.3, -0.25) is 4.79 Å². The lowest BCUT2D eigenvalue weighted by molar-refractivity contribution is -0.149. The lowest BCUT2D eigenvalue weighted by atomic mass is 10.1. The fourth-order valence-electron chi connectivity index (χ4n) is 2.41. The summed E-state index contributed by atoms with van der Waals surface area (Å²) in [6, 6.07) is 6.06. The number of thioether (sulfide) groups is 1. The number of aliphatic hydroxyl groups excluding tert-OH is 1. The third-order valence-corrected chi connectivity index (χ3v) is 4.38. The van der Waals surface area contributed by atoms with Crippen molar-refractivity contribution in [2.75, 3.05) is 25.1 Å². The van der Waals surface area contributed by atoms with Crippen molar-refractivity contribution in [2.24, 2.45) is 0 Å². The Kier molecular flexibility index (Phi) is 5.53. The van der Waals surface area contributed by atoms with Gasteiger partial charge in [-0.25, -0.2) is 0 Å². The topological polar surface area (TPSA) is 49.8 Å². The van der Waals surface area contributed by atoms with Crippen LogP contribution in [0.15, 0.2) is 18.2 Å². The molecule has 1 saturated heterocycles. The monoisotopic (exact) mass is 309 g/mol. The first-order chi connectivity index (χ1) is 10.0. The van der Waals surface area contributed by atoms with Gasteiger partial charge in [0.2, 0.25) is 0 Å². The van der Waals surface area contributed by atoms with Crippen molar-refractivity contribution in [2.45, 2.75) is 32.5 Å². The molecule has 1 atom stereocenters. The third kappa shape index (κ3) is 3.92. The van der Waals surface area contributed by atoms with Crippen LogP contribution in [-0.4, -0.2) is 53.2 Å². The van der Waals surface area contributed by atoms with Crippen LogP contribution in [0, 0.1) is 13.8 Å². The molecular formula is C16H23NO3S. The Labute approximate surface area is 130 Å². The number of ether oxygens (including phenoxy) is 1. The van der Waals surface area contributed by atoms with Gasteiger partial charge in [0.25, 0.3) is 5.91 Å². The number of hydrogen-bond donors (Lipinski definition) is 1. The molecule has 0 spiro atoms. The maximum Gasteiger partial charge on any atom is 0.251 e. The summed E-state index contributed by atoms with van der Waals surface area (Å²) in [6.45, 7) is 5.16. The van der Waals surface area contributed by atoms with Gasteiger partial charge >= 0.3 is 0 Å². The van der Waals surface area contributed by atoms with E-state index in [2.05, 4.69) is 0 Å². The second kappa shape index (κ2) is 7.18. The molecule has 0 radical (unpaired) electrons. The Morgan fingerprint density at radius 2 is 2.05 bits per heavy atom. The SMILES string of the molecule is CSCC[C@H](O)C(=O)N1CC(Oc2c(C)cccc2C)C1. The largest absolute Gasteiger partial charge is 0.486 e. The zero-order chi connectivity index (χ0) is 15.4. The maximum atomic E-state index is 12.0. The minimum absolute atomic E-state index is 0.0292. The normalized spacial score (nSPS) is 16.5. The molecule has 1 amide bonds. The van der Waals surface area contributed by atoms with Crippen LogP contribution in [0.25, 0.3) is 0 Å². The molecule has 0 unspecified atom stereocenters. The van der Waals surface area contributed by atoms with Crippen molar-refractivity contribution in [1.82, 2.24) is 4.90 Å². The average molecular weight is 309 g/mol. The van der Waals surface area contributed by atoms with Gasteiger partial charge in [0, 0.05) is 0 Å². The van der Waals surface area contributed by atoms with E-state index in [1.807, 2.05) is 38.3 Å². The minimum atomic E-state index is -0.876. The third-order valence-electron chi connectivity index (χ3n) is 3.73. The van der Waals surface area contributed by atoms with Gasteiger partial charge in [-0.05, 0) is 43.4 Å². The van der Waals surface area contributed by atoms with Gasteiger partial charge in [-0.15, -0.1) is 0 Å². The van der Waals surface area contributed by atoms with Crippen molar-refractivity contribution < 1.29 is 14.6 Å². The van der Waals surface area contributed by atoms with Crippen molar-refractivity contribution in [3.05, 3.63) is 29.3 Å². The van der Waals surface area contributed by atoms with E-state index in [9.17, 15) is 9.90 Å². The number of amides is 1. The number of rotatable bonds is 6. The number of hydrogen-bond acceptors (Lipinski definition) is 4. The predicted molar refractivity (Wildman–Crippen MR) is 85.9 cm³/mol. The zero-order valence-electron chi connectivity index (χ0n) is 12.8. The molecule has 5 heteroatoms. The smallest absolute Gasteiger partial charge is 0.251 e. The van der Waals surface area contributed by atoms with Gasteiger partial charge < -0.3 is 14.7 Å². The van der Waals surface area contributed by atoms with Crippen LogP contribution in [0.5, 0.6) is 5.75 Å². The summed E-state index contributed by atoms with van der Waals surface area (Å²) in [6.07, 6.45) is 1.63. The first kappa shape index (κ1) is 16.2. The Morgan fingerprint density at radius 3 is 2.62 bits per heavy atom. The number of para-hydroxylation sites is 1. The van der Waals surface area contributed by atoms with Gasteiger partial charge in [0.05, 0.1) is 13.1 Å². The summed E-state index contributed by atoms with van der Waals surface area (Å²) in [5.74, 6) is 1.53. The highest BCUT2D eigenvalue weighted by Crippen LogP contribution is 2.26. The molecule has 4 nitrogen and oxygen atoms in total. The molecule has 0 aromatic heterocycles. The Morgan fingerprint density at radius 1 is 1.43 bits per heavy atom. The zero-order valence-corrected chi connectivity index (χ0v) is 13.7. The van der Waals surface area contributed by atoms with Crippen LogP contribution in [0.4, 0.5) is 0 Å². The molecular weight excluding hydrogens is 286 g/mol. The standard InChI is InChI=1S/C16H23NO3S/c1-11-5-4-6-12(2)15(11)20-13-9-17(10-13)16(19)14(18)7-8-21-3/h4-6,13-14,18H,7-10H2,1-3H3/t14-/m0/s1. The highest BCUT2D eigenvalue weighted by atomic mass is 32.2. The molecule has 1 fully saturated rings. The molecule has 1 N–H and O–H groups in total. The first-order valence-corrected chi connectivity index (χ1v) is 8.61. The molecule has 1 aliphatic rings. The fraction of sp³-hybridized carbons (Fsp3) is 0.562. The van der Waals surface area contributed by atoms with Crippen LogP contribution in [0.3, 0.4) is 0 Å². The number of nitrogens with zero attached hydrogens (tertiary/aromatic N) is 1. The Bertz CT molecular complexity index is 480. The van der Waals surface area contributed by atoms with Gasteiger partial charge in [-0.1, -0.05) is 18.2 Å². The van der Waals surface area contributed by atoms with E-state index in [1.165, 1.54) is 0 Å². The Hall–Kier alpha value is -1.20. The lowest BCUT2D eigenvalue weighted by Gasteiger charge is -2.40. The number of carbonyl (C=O) groups excluding carboxylic acids is 1. The van der Waals surface area contributed by atoms with E-state index >= 15 is 0 Å². The van der Waals surface area contributed by atoms with Crippen molar-refractivity contribution in [3.8, 4) is 5.75 Å². The van der Waals surface area contributed by atoms with Gasteiger partial charge in [0.1, 0.15) is 18.0 Å². The lowest BCUT2D eigenvalue weighted by Crippen LogP contribution is -2.58. The number of benzene rings is 1. The second-order valence-corrected chi connectivity index (χ2v) is 6.49. The molecule has 116 valence electrons. The van der Waals surface area contributed by atoms with Crippen LogP contribution in [-0.2, 0) is 4.79 Å². The van der Waals surface area contributed by atoms with E-state index < -0.39 is 6.10 Å². The van der Waals surface area contributed by atoms with E-state index in [-0.39, 0.29) is 12.0 Å². The summed E-state index contributed by atoms with van der Waals surface area (Å²) in [7, 11) is 0. The summed E-state index contributed by atoms with van der Waals surface area (Å²) >= 11 is 1.63. The molecule has 1 aromatic rings. The molecule has 0 saturated carbocycles. The average Bonchev–Trinajstić information content (AvgIpc) is 2.41. The predicted octanol–water partition coefficient (Wildman–Crippen LogP) is 2.01. The van der Waals surface area contributed by atoms with E-state index in [1.54, 1.807) is 16.7 Å². The highest BCUT2D eigenvalue weighted by molar-refractivity contribution is 7.98. The molecule has 0 aliphatic carbocycles. The van der Waals surface area contributed by atoms with E-state index in [4.69, 9.17) is 4.74 Å². The summed E-state index contributed by atoms with van der Waals surface area (Å²) in [5, 5.41) is 9.80. The van der Waals surface area contributed by atoms with Gasteiger partial charge in [0.15, 0.2) is 0 Å². The number of aliphatic hydroxyl groups is 1. The maximum absolute atomic E-state index is 12.0. The summed E-state index contributed by atoms with van der Waals surface area (Å²) in [5.41, 5.74) is 2.22. The van der Waals surface area contributed by atoms with Crippen LogP contribution >= 0.6 is 11.8 Å². The summed E-state index contributed by atoms with van der Waals surface area (Å²) in [4.78, 5) is 13.6. The molecule has 1 heterocycles. The van der Waals surface area contributed by atoms with Crippen molar-refractivity contribution in [1.29, 1.82) is 0 Å². The van der Waals surface area contributed by atoms with Crippen LogP contribution in [0.1, 0.15) is 17.5 Å². The summed E-state index contributed by atoms with van der Waals surface area (Å²) < 4.78 is 5.97. The number of aryl methyl sites for hydroxylation is 2. The molecule has 0 bridgehead atoms. The molecule has 2 rings (SSSR count). The van der Waals surface area contributed by atoms with Crippen LogP contribution < -0.4 is 4.74 Å².